The van der Waals surface area contributed by atoms with E-state index in [2.05, 4.69) is 20.4 Å². The lowest BCUT2D eigenvalue weighted by Gasteiger charge is -2.04. The highest BCUT2D eigenvalue weighted by atomic mass is 32.1. The lowest BCUT2D eigenvalue weighted by molar-refractivity contribution is 0.102. The fraction of sp³-hybridized carbons (Fsp3) is 0.200. The number of hydrogen-bond donors (Lipinski definition) is 2. The van der Waals surface area contributed by atoms with Gasteiger partial charge in [0.15, 0.2) is 10.8 Å². The van der Waals surface area contributed by atoms with Gasteiger partial charge in [-0.2, -0.15) is 0 Å². The number of rotatable bonds is 4. The highest BCUT2D eigenvalue weighted by molar-refractivity contribution is 7.14. The minimum absolute atomic E-state index is 0.0579. The Bertz CT molecular complexity index is 1220. The first-order valence-electron chi connectivity index (χ1n) is 8.88. The Morgan fingerprint density at radius 2 is 1.96 bits per heavy atom. The molecule has 4 aromatic rings. The van der Waals surface area contributed by atoms with Crippen molar-refractivity contribution in [3.8, 4) is 11.1 Å². The molecule has 0 radical (unpaired) electrons. The number of hydrogen-bond acceptors (Lipinski definition) is 5. The number of carbonyl (C=O) groups excluding carboxylic acids is 1. The second-order valence-corrected chi connectivity index (χ2v) is 7.66. The van der Waals surface area contributed by atoms with E-state index in [1.165, 1.54) is 21.9 Å². The van der Waals surface area contributed by atoms with E-state index in [1.807, 2.05) is 56.5 Å². The Kier molecular flexibility index (Phi) is 4.56. The molecule has 3 aromatic heterocycles. The molecule has 1 amide bonds. The fourth-order valence-corrected chi connectivity index (χ4v) is 3.85. The fourth-order valence-electron chi connectivity index (χ4n) is 2.99. The zero-order valence-corrected chi connectivity index (χ0v) is 16.5. The van der Waals surface area contributed by atoms with Crippen LogP contribution >= 0.6 is 11.3 Å². The van der Waals surface area contributed by atoms with Crippen molar-refractivity contribution >= 4 is 28.0 Å². The van der Waals surface area contributed by atoms with E-state index in [9.17, 15) is 9.59 Å². The van der Waals surface area contributed by atoms with Gasteiger partial charge >= 0.3 is 0 Å². The topological polar surface area (TPSA) is 92.1 Å². The quantitative estimate of drug-likeness (QED) is 0.551. The molecule has 28 heavy (non-hydrogen) atoms. The van der Waals surface area contributed by atoms with Crippen LogP contribution in [0.25, 0.3) is 16.8 Å². The molecule has 0 saturated carbocycles. The number of nitrogens with one attached hydrogen (secondary N) is 2. The zero-order chi connectivity index (χ0) is 19.8. The first-order chi connectivity index (χ1) is 13.4. The predicted molar refractivity (Wildman–Crippen MR) is 110 cm³/mol. The van der Waals surface area contributed by atoms with E-state index in [0.29, 0.717) is 10.8 Å². The second kappa shape index (κ2) is 7.05. The molecule has 0 bridgehead atoms. The highest BCUT2D eigenvalue weighted by Crippen LogP contribution is 2.26. The Hall–Kier alpha value is -3.26. The standard InChI is InChI=1S/C20H19N5O2S/c1-11(2)15-10-28-20(22-15)23-19(27)14-9-16(26)25-18(21-14)17(12(3)24-25)13-7-5-4-6-8-13/h4-11,24H,1-3H3,(H,22,23,27). The van der Waals surface area contributed by atoms with Crippen molar-refractivity contribution < 1.29 is 4.79 Å². The van der Waals surface area contributed by atoms with Crippen LogP contribution in [0.4, 0.5) is 5.13 Å². The number of carbonyl (C=O) groups is 1. The number of thiazole rings is 1. The van der Waals surface area contributed by atoms with Gasteiger partial charge in [-0.3, -0.25) is 20.0 Å². The van der Waals surface area contributed by atoms with Crippen LogP contribution in [0.3, 0.4) is 0 Å². The molecule has 0 aliphatic carbocycles. The maximum absolute atomic E-state index is 12.7. The molecule has 0 spiro atoms. The maximum atomic E-state index is 12.7. The molecule has 0 atom stereocenters. The summed E-state index contributed by atoms with van der Waals surface area (Å²) < 4.78 is 1.36. The number of anilines is 1. The van der Waals surface area contributed by atoms with E-state index in [0.717, 1.165) is 22.5 Å². The molecule has 2 N–H and O–H groups in total. The Labute approximate surface area is 165 Å². The third-order valence-corrected chi connectivity index (χ3v) is 5.20. The first-order valence-corrected chi connectivity index (χ1v) is 9.76. The lowest BCUT2D eigenvalue weighted by atomic mass is 10.1. The molecule has 4 rings (SSSR count). The molecule has 0 aliphatic rings. The van der Waals surface area contributed by atoms with Gasteiger partial charge in [-0.1, -0.05) is 44.2 Å². The number of nitrogens with zero attached hydrogens (tertiary/aromatic N) is 3. The summed E-state index contributed by atoms with van der Waals surface area (Å²) in [6.07, 6.45) is 0. The van der Waals surface area contributed by atoms with E-state index in [-0.39, 0.29) is 17.2 Å². The summed E-state index contributed by atoms with van der Waals surface area (Å²) in [7, 11) is 0. The van der Waals surface area contributed by atoms with Gasteiger partial charge in [0, 0.05) is 22.7 Å². The SMILES string of the molecule is Cc1[nH]n2c(=O)cc(C(=O)Nc3nc(C(C)C)cs3)nc2c1-c1ccccc1. The monoisotopic (exact) mass is 393 g/mol. The van der Waals surface area contributed by atoms with Crippen molar-refractivity contribution in [2.75, 3.05) is 5.32 Å². The summed E-state index contributed by atoms with van der Waals surface area (Å²) in [4.78, 5) is 34.1. The van der Waals surface area contributed by atoms with Gasteiger partial charge in [-0.05, 0) is 18.4 Å². The zero-order valence-electron chi connectivity index (χ0n) is 15.7. The van der Waals surface area contributed by atoms with Gasteiger partial charge < -0.3 is 0 Å². The molecular formula is C20H19N5O2S. The predicted octanol–water partition coefficient (Wildman–Crippen LogP) is 3.83. The van der Waals surface area contributed by atoms with Crippen LogP contribution in [-0.4, -0.2) is 25.5 Å². The Morgan fingerprint density at radius 1 is 1.21 bits per heavy atom. The third kappa shape index (κ3) is 3.22. The molecule has 3 heterocycles. The molecule has 142 valence electrons. The average Bonchev–Trinajstić information content (AvgIpc) is 3.26. The van der Waals surface area contributed by atoms with Crippen LogP contribution in [0.2, 0.25) is 0 Å². The van der Waals surface area contributed by atoms with Crippen molar-refractivity contribution in [1.82, 2.24) is 19.6 Å². The summed E-state index contributed by atoms with van der Waals surface area (Å²) in [5, 5.41) is 8.17. The van der Waals surface area contributed by atoms with Crippen molar-refractivity contribution in [2.24, 2.45) is 0 Å². The molecule has 0 aliphatic heterocycles. The van der Waals surface area contributed by atoms with Gasteiger partial charge in [-0.15, -0.1) is 11.3 Å². The normalized spacial score (nSPS) is 11.3. The van der Waals surface area contributed by atoms with Crippen LogP contribution in [0, 0.1) is 6.92 Å². The molecule has 0 unspecified atom stereocenters. The number of aromatic amines is 1. The van der Waals surface area contributed by atoms with Crippen molar-refractivity contribution in [2.45, 2.75) is 26.7 Å². The molecule has 0 saturated heterocycles. The lowest BCUT2D eigenvalue weighted by Crippen LogP contribution is -2.21. The number of amides is 1. The first kappa shape index (κ1) is 18.1. The van der Waals surface area contributed by atoms with Crippen LogP contribution < -0.4 is 10.9 Å². The number of fused-ring (bicyclic) bond motifs is 1. The molecular weight excluding hydrogens is 374 g/mol. The third-order valence-electron chi connectivity index (χ3n) is 4.43. The number of aromatic nitrogens is 4. The largest absolute Gasteiger partial charge is 0.296 e. The van der Waals surface area contributed by atoms with E-state index in [4.69, 9.17) is 0 Å². The molecule has 0 fully saturated rings. The van der Waals surface area contributed by atoms with Gasteiger partial charge in [-0.25, -0.2) is 14.5 Å². The second-order valence-electron chi connectivity index (χ2n) is 6.80. The van der Waals surface area contributed by atoms with Crippen LogP contribution in [0.5, 0.6) is 0 Å². The number of benzene rings is 1. The van der Waals surface area contributed by atoms with Gasteiger partial charge in [0.05, 0.1) is 5.69 Å². The smallest absolute Gasteiger partial charge is 0.276 e. The minimum atomic E-state index is -0.456. The maximum Gasteiger partial charge on any atom is 0.276 e. The van der Waals surface area contributed by atoms with E-state index >= 15 is 0 Å². The van der Waals surface area contributed by atoms with E-state index < -0.39 is 5.91 Å². The summed E-state index contributed by atoms with van der Waals surface area (Å²) in [6, 6.07) is 10.9. The molecule has 8 heteroatoms. The van der Waals surface area contributed by atoms with Crippen LogP contribution in [-0.2, 0) is 0 Å². The summed E-state index contributed by atoms with van der Waals surface area (Å²) in [6.45, 7) is 5.95. The Balaban J connectivity index is 1.75. The van der Waals surface area contributed by atoms with Gasteiger partial charge in [0.1, 0.15) is 5.69 Å². The van der Waals surface area contributed by atoms with Gasteiger partial charge in [0.2, 0.25) is 0 Å². The van der Waals surface area contributed by atoms with Crippen LogP contribution in [0.1, 0.15) is 41.6 Å². The highest BCUT2D eigenvalue weighted by Gasteiger charge is 2.18. The Morgan fingerprint density at radius 3 is 2.64 bits per heavy atom. The molecule has 7 nitrogen and oxygen atoms in total. The van der Waals surface area contributed by atoms with Crippen LogP contribution in [0.15, 0.2) is 46.6 Å². The van der Waals surface area contributed by atoms with Crippen molar-refractivity contribution in [3.63, 3.8) is 0 Å². The number of H-pyrrole nitrogens is 1. The summed E-state index contributed by atoms with van der Waals surface area (Å²) in [5.41, 5.74) is 3.56. The minimum Gasteiger partial charge on any atom is -0.296 e. The average molecular weight is 393 g/mol. The number of aryl methyl sites for hydroxylation is 1. The van der Waals surface area contributed by atoms with Crippen molar-refractivity contribution in [3.05, 3.63) is 69.2 Å². The summed E-state index contributed by atoms with van der Waals surface area (Å²) in [5.74, 6) is -0.181. The summed E-state index contributed by atoms with van der Waals surface area (Å²) >= 11 is 1.35. The van der Waals surface area contributed by atoms with Gasteiger partial charge in [0.25, 0.3) is 11.5 Å². The van der Waals surface area contributed by atoms with E-state index in [1.54, 1.807) is 0 Å². The van der Waals surface area contributed by atoms with Crippen molar-refractivity contribution in [1.29, 1.82) is 0 Å². The molecule has 1 aromatic carbocycles.